The fraction of sp³-hybridized carbons (Fsp3) is 0.393. The number of hydrogen-bond acceptors (Lipinski definition) is 5. The number of fused-ring (bicyclic) bond motifs is 1. The third-order valence-electron chi connectivity index (χ3n) is 6.54. The van der Waals surface area contributed by atoms with E-state index in [2.05, 4.69) is 86.9 Å². The van der Waals surface area contributed by atoms with Gasteiger partial charge in [0.2, 0.25) is 0 Å². The van der Waals surface area contributed by atoms with Crippen molar-refractivity contribution >= 4 is 22.7 Å². The number of thioether (sulfide) groups is 1. The first-order valence-electron chi connectivity index (χ1n) is 12.3. The zero-order chi connectivity index (χ0) is 25.1. The van der Waals surface area contributed by atoms with Crippen molar-refractivity contribution in [2.75, 3.05) is 14.1 Å². The lowest BCUT2D eigenvalue weighted by molar-refractivity contribution is -0.893. The van der Waals surface area contributed by atoms with Crippen LogP contribution in [-0.2, 0) is 12.3 Å². The molecule has 0 saturated heterocycles. The van der Waals surface area contributed by atoms with Crippen molar-refractivity contribution in [3.05, 3.63) is 87.0 Å². The number of hydrogen-bond donors (Lipinski definition) is 1. The van der Waals surface area contributed by atoms with E-state index in [1.54, 1.807) is 17.8 Å². The first kappa shape index (κ1) is 25.2. The van der Waals surface area contributed by atoms with Crippen molar-refractivity contribution in [2.45, 2.75) is 63.5 Å². The molecule has 0 spiro atoms. The highest BCUT2D eigenvalue weighted by Crippen LogP contribution is 2.31. The predicted octanol–water partition coefficient (Wildman–Crippen LogP) is 4.75. The summed E-state index contributed by atoms with van der Waals surface area (Å²) in [6.07, 6.45) is 0.974. The fourth-order valence-electron chi connectivity index (χ4n) is 4.70. The number of aryl methyl sites for hydroxylation is 1. The molecule has 0 aliphatic carbocycles. The second-order valence-electron chi connectivity index (χ2n) is 9.69. The molecule has 0 unspecified atom stereocenters. The predicted molar refractivity (Wildman–Crippen MR) is 142 cm³/mol. The van der Waals surface area contributed by atoms with Crippen LogP contribution in [0.4, 0.5) is 0 Å². The highest BCUT2D eigenvalue weighted by atomic mass is 32.2. The van der Waals surface area contributed by atoms with Gasteiger partial charge >= 0.3 is 5.63 Å². The van der Waals surface area contributed by atoms with Gasteiger partial charge in [0.15, 0.2) is 11.0 Å². The molecular weight excluding hydrogens is 456 g/mol. The Morgan fingerprint density at radius 2 is 1.83 bits per heavy atom. The summed E-state index contributed by atoms with van der Waals surface area (Å²) in [7, 11) is 4.32. The summed E-state index contributed by atoms with van der Waals surface area (Å²) < 4.78 is 7.78. The smallest absolute Gasteiger partial charge is 0.336 e. The van der Waals surface area contributed by atoms with E-state index in [0.717, 1.165) is 33.9 Å². The molecule has 0 radical (unpaired) electrons. The lowest BCUT2D eigenvalue weighted by Crippen LogP contribution is -3.06. The molecule has 1 N–H and O–H groups in total. The van der Waals surface area contributed by atoms with E-state index in [0.29, 0.717) is 23.8 Å². The van der Waals surface area contributed by atoms with Crippen LogP contribution in [0.1, 0.15) is 67.2 Å². The topological polar surface area (TPSA) is 65.4 Å². The standard InChI is InChI=1S/C28H34N4O2S/c1-7-24(31(5)6)27-29-30-28(32(27)16-20-11-9-8-10-12-20)35-17-21-14-26(33)34-25-13-19(4)22(18(2)3)15-23(21)25/h8-15,18,24H,7,16-17H2,1-6H3/p+1/t24-/m0/s1. The number of aromatic nitrogens is 3. The van der Waals surface area contributed by atoms with Gasteiger partial charge in [0.25, 0.3) is 0 Å². The fourth-order valence-corrected chi connectivity index (χ4v) is 5.64. The molecule has 0 amide bonds. The van der Waals surface area contributed by atoms with Crippen LogP contribution in [0.3, 0.4) is 0 Å². The van der Waals surface area contributed by atoms with E-state index < -0.39 is 0 Å². The summed E-state index contributed by atoms with van der Waals surface area (Å²) in [5.41, 5.74) is 4.91. The molecule has 184 valence electrons. The molecule has 7 heteroatoms. The molecule has 2 heterocycles. The van der Waals surface area contributed by atoms with Gasteiger partial charge in [0, 0.05) is 23.6 Å². The molecule has 0 fully saturated rings. The van der Waals surface area contributed by atoms with Crippen LogP contribution >= 0.6 is 11.8 Å². The van der Waals surface area contributed by atoms with Crippen molar-refractivity contribution < 1.29 is 9.32 Å². The molecule has 2 aromatic carbocycles. The molecule has 1 atom stereocenters. The van der Waals surface area contributed by atoms with Gasteiger partial charge in [0.05, 0.1) is 20.6 Å². The van der Waals surface area contributed by atoms with Gasteiger partial charge in [-0.1, -0.05) is 62.9 Å². The second kappa shape index (κ2) is 10.8. The van der Waals surface area contributed by atoms with Crippen LogP contribution in [0.5, 0.6) is 0 Å². The van der Waals surface area contributed by atoms with Gasteiger partial charge in [0.1, 0.15) is 11.6 Å². The van der Waals surface area contributed by atoms with E-state index in [9.17, 15) is 4.79 Å². The van der Waals surface area contributed by atoms with Gasteiger partial charge in [-0.15, -0.1) is 10.2 Å². The summed E-state index contributed by atoms with van der Waals surface area (Å²) in [5.74, 6) is 2.00. The van der Waals surface area contributed by atoms with E-state index in [-0.39, 0.29) is 11.7 Å². The van der Waals surface area contributed by atoms with Crippen molar-refractivity contribution in [1.29, 1.82) is 0 Å². The van der Waals surface area contributed by atoms with Crippen LogP contribution < -0.4 is 10.5 Å². The minimum absolute atomic E-state index is 0.252. The summed E-state index contributed by atoms with van der Waals surface area (Å²) in [4.78, 5) is 13.7. The third kappa shape index (κ3) is 5.52. The van der Waals surface area contributed by atoms with Crippen molar-refractivity contribution in [1.82, 2.24) is 14.8 Å². The molecule has 4 rings (SSSR count). The molecule has 0 bridgehead atoms. The lowest BCUT2D eigenvalue weighted by atomic mass is 9.95. The first-order chi connectivity index (χ1) is 16.8. The van der Waals surface area contributed by atoms with Crippen LogP contribution in [0, 0.1) is 6.92 Å². The Morgan fingerprint density at radius 3 is 2.49 bits per heavy atom. The minimum Gasteiger partial charge on any atom is -0.423 e. The number of benzene rings is 2. The number of nitrogens with one attached hydrogen (secondary N) is 1. The van der Waals surface area contributed by atoms with Gasteiger partial charge < -0.3 is 9.32 Å². The van der Waals surface area contributed by atoms with Crippen molar-refractivity contribution in [3.8, 4) is 0 Å². The molecular formula is C28H35N4O2S+. The normalized spacial score (nSPS) is 12.7. The number of quaternary nitrogens is 1. The molecule has 35 heavy (non-hydrogen) atoms. The molecule has 4 aromatic rings. The maximum Gasteiger partial charge on any atom is 0.336 e. The number of rotatable bonds is 9. The SMILES string of the molecule is CC[C@@H](c1nnc(SCc2cc(=O)oc3cc(C)c(C(C)C)cc23)n1Cc1ccccc1)[NH+](C)C. The Morgan fingerprint density at radius 1 is 1.09 bits per heavy atom. The Hall–Kier alpha value is -2.90. The average Bonchev–Trinajstić information content (AvgIpc) is 3.19. The number of nitrogens with zero attached hydrogens (tertiary/aromatic N) is 3. The minimum atomic E-state index is -0.321. The first-order valence-corrected chi connectivity index (χ1v) is 13.2. The Balaban J connectivity index is 1.72. The summed E-state index contributed by atoms with van der Waals surface area (Å²) >= 11 is 1.62. The maximum absolute atomic E-state index is 12.3. The summed E-state index contributed by atoms with van der Waals surface area (Å²) in [6, 6.07) is 16.5. The van der Waals surface area contributed by atoms with Crippen LogP contribution in [0.2, 0.25) is 0 Å². The van der Waals surface area contributed by atoms with E-state index in [1.807, 2.05) is 12.1 Å². The third-order valence-corrected chi connectivity index (χ3v) is 7.56. The molecule has 6 nitrogen and oxygen atoms in total. The Bertz CT molecular complexity index is 1360. The Kier molecular flexibility index (Phi) is 7.77. The highest BCUT2D eigenvalue weighted by molar-refractivity contribution is 7.98. The van der Waals surface area contributed by atoms with E-state index >= 15 is 0 Å². The largest absolute Gasteiger partial charge is 0.423 e. The van der Waals surface area contributed by atoms with Crippen molar-refractivity contribution in [2.24, 2.45) is 0 Å². The van der Waals surface area contributed by atoms with Gasteiger partial charge in [-0.3, -0.25) is 4.57 Å². The quantitative estimate of drug-likeness (QED) is 0.270. The summed E-state index contributed by atoms with van der Waals surface area (Å²) in [6.45, 7) is 9.35. The monoisotopic (exact) mass is 491 g/mol. The van der Waals surface area contributed by atoms with Crippen LogP contribution in [0.15, 0.2) is 62.9 Å². The maximum atomic E-state index is 12.3. The molecule has 0 aliphatic heterocycles. The van der Waals surface area contributed by atoms with Gasteiger partial charge in [-0.2, -0.15) is 0 Å². The lowest BCUT2D eigenvalue weighted by Gasteiger charge is -2.20. The Labute approximate surface area is 211 Å². The van der Waals surface area contributed by atoms with Crippen molar-refractivity contribution in [3.63, 3.8) is 0 Å². The zero-order valence-electron chi connectivity index (χ0n) is 21.5. The zero-order valence-corrected chi connectivity index (χ0v) is 22.3. The molecule has 0 aliphatic rings. The van der Waals surface area contributed by atoms with Crippen LogP contribution in [0.25, 0.3) is 11.0 Å². The van der Waals surface area contributed by atoms with Gasteiger partial charge in [-0.05, 0) is 47.2 Å². The van der Waals surface area contributed by atoms with E-state index in [4.69, 9.17) is 4.42 Å². The van der Waals surface area contributed by atoms with E-state index in [1.165, 1.54) is 16.0 Å². The average molecular weight is 492 g/mol. The molecule has 2 aromatic heterocycles. The van der Waals surface area contributed by atoms with Gasteiger partial charge in [-0.25, -0.2) is 4.79 Å². The van der Waals surface area contributed by atoms with Crippen LogP contribution in [-0.4, -0.2) is 28.9 Å². The second-order valence-corrected chi connectivity index (χ2v) is 10.6. The highest BCUT2D eigenvalue weighted by Gasteiger charge is 2.25. The molecule has 0 saturated carbocycles. The summed E-state index contributed by atoms with van der Waals surface area (Å²) in [5, 5.41) is 11.1.